The summed E-state index contributed by atoms with van der Waals surface area (Å²) in [6.45, 7) is 2.22. The third kappa shape index (κ3) is 3.08. The van der Waals surface area contributed by atoms with Gasteiger partial charge in [0.05, 0.1) is 6.54 Å². The Morgan fingerprint density at radius 2 is 2.35 bits per heavy atom. The second kappa shape index (κ2) is 5.92. The highest BCUT2D eigenvalue weighted by Crippen LogP contribution is 2.19. The van der Waals surface area contributed by atoms with Crippen LogP contribution >= 0.6 is 11.6 Å². The molecule has 6 nitrogen and oxygen atoms in total. The molecule has 1 aliphatic rings. The monoisotopic (exact) mass is 291 g/mol. The fourth-order valence-corrected chi connectivity index (χ4v) is 2.07. The lowest BCUT2D eigenvalue weighted by Crippen LogP contribution is -2.40. The minimum absolute atomic E-state index is 0.444. The summed E-state index contributed by atoms with van der Waals surface area (Å²) in [5.41, 5.74) is 0.834. The Balaban J connectivity index is 1.66. The number of aliphatic imine (C=N–C) groups is 1. The van der Waals surface area contributed by atoms with Crippen molar-refractivity contribution in [2.24, 2.45) is 4.99 Å². The highest BCUT2D eigenvalue weighted by atomic mass is 35.5. The molecule has 1 aromatic carbocycles. The van der Waals surface area contributed by atoms with Crippen LogP contribution in [0.4, 0.5) is 0 Å². The molecule has 3 rings (SSSR count). The molecule has 0 fully saturated rings. The van der Waals surface area contributed by atoms with Gasteiger partial charge in [-0.25, -0.2) is 0 Å². The topological polar surface area (TPSA) is 75.3 Å². The Morgan fingerprint density at radius 3 is 3.15 bits per heavy atom. The van der Waals surface area contributed by atoms with Crippen LogP contribution < -0.4 is 10.6 Å². The molecule has 0 radical (unpaired) electrons. The summed E-state index contributed by atoms with van der Waals surface area (Å²) in [5.74, 6) is 1.82. The first kappa shape index (κ1) is 12.9. The van der Waals surface area contributed by atoms with E-state index in [0.717, 1.165) is 31.0 Å². The van der Waals surface area contributed by atoms with Gasteiger partial charge in [-0.1, -0.05) is 28.9 Å². The van der Waals surface area contributed by atoms with Crippen LogP contribution in [0.5, 0.6) is 0 Å². The predicted molar refractivity (Wildman–Crippen MR) is 76.5 cm³/mol. The average Bonchev–Trinajstić information content (AvgIpc) is 2.95. The van der Waals surface area contributed by atoms with Crippen LogP contribution in [0.1, 0.15) is 12.3 Å². The van der Waals surface area contributed by atoms with Crippen molar-refractivity contribution in [3.05, 3.63) is 35.2 Å². The van der Waals surface area contributed by atoms with Gasteiger partial charge in [0.1, 0.15) is 0 Å². The van der Waals surface area contributed by atoms with Crippen molar-refractivity contribution in [1.29, 1.82) is 0 Å². The molecule has 20 heavy (non-hydrogen) atoms. The molecule has 1 aliphatic heterocycles. The standard InChI is InChI=1S/C13H14ClN5O/c14-10-4-1-3-9(7-10)12-18-11(20-19-12)8-17-13-15-5-2-6-16-13/h1,3-4,7H,2,5-6,8H2,(H2,15,16,17). The first-order chi connectivity index (χ1) is 9.81. The number of hydrogen-bond donors (Lipinski definition) is 2. The van der Waals surface area contributed by atoms with E-state index in [2.05, 4.69) is 25.8 Å². The second-order valence-electron chi connectivity index (χ2n) is 4.39. The van der Waals surface area contributed by atoms with Gasteiger partial charge in [-0.15, -0.1) is 0 Å². The van der Waals surface area contributed by atoms with Crippen LogP contribution in [-0.4, -0.2) is 29.2 Å². The summed E-state index contributed by atoms with van der Waals surface area (Å²) >= 11 is 5.94. The van der Waals surface area contributed by atoms with E-state index in [1.165, 1.54) is 0 Å². The summed E-state index contributed by atoms with van der Waals surface area (Å²) < 4.78 is 5.20. The molecule has 0 bridgehead atoms. The maximum atomic E-state index is 5.94. The van der Waals surface area contributed by atoms with E-state index in [1.807, 2.05) is 12.1 Å². The zero-order valence-electron chi connectivity index (χ0n) is 10.8. The molecule has 0 spiro atoms. The first-order valence-electron chi connectivity index (χ1n) is 6.42. The number of rotatable bonds is 3. The Kier molecular flexibility index (Phi) is 3.83. The lowest BCUT2D eigenvalue weighted by atomic mass is 10.2. The van der Waals surface area contributed by atoms with Crippen molar-refractivity contribution in [1.82, 2.24) is 20.8 Å². The number of hydrogen-bond acceptors (Lipinski definition) is 6. The Hall–Kier alpha value is -2.08. The lowest BCUT2D eigenvalue weighted by Gasteiger charge is -2.14. The molecule has 0 unspecified atom stereocenters. The van der Waals surface area contributed by atoms with E-state index >= 15 is 0 Å². The highest BCUT2D eigenvalue weighted by molar-refractivity contribution is 6.30. The van der Waals surface area contributed by atoms with E-state index in [1.54, 1.807) is 12.1 Å². The van der Waals surface area contributed by atoms with Crippen molar-refractivity contribution in [2.45, 2.75) is 13.0 Å². The maximum Gasteiger partial charge on any atom is 0.246 e. The van der Waals surface area contributed by atoms with Crippen LogP contribution in [0.15, 0.2) is 33.8 Å². The van der Waals surface area contributed by atoms with E-state index in [4.69, 9.17) is 16.1 Å². The molecule has 7 heteroatoms. The number of halogens is 1. The average molecular weight is 292 g/mol. The predicted octanol–water partition coefficient (Wildman–Crippen LogP) is 1.83. The van der Waals surface area contributed by atoms with Gasteiger partial charge in [0.15, 0.2) is 5.96 Å². The third-order valence-electron chi connectivity index (χ3n) is 2.86. The van der Waals surface area contributed by atoms with Crippen LogP contribution in [0, 0.1) is 0 Å². The number of nitrogens with zero attached hydrogens (tertiary/aromatic N) is 3. The molecule has 2 aromatic rings. The zero-order chi connectivity index (χ0) is 13.8. The molecule has 0 saturated carbocycles. The molecular formula is C13H14ClN5O. The molecule has 2 N–H and O–H groups in total. The van der Waals surface area contributed by atoms with Crippen LogP contribution in [0.3, 0.4) is 0 Å². The largest absolute Gasteiger partial charge is 0.356 e. The minimum Gasteiger partial charge on any atom is -0.356 e. The second-order valence-corrected chi connectivity index (χ2v) is 4.82. The van der Waals surface area contributed by atoms with Gasteiger partial charge in [0.25, 0.3) is 0 Å². The van der Waals surface area contributed by atoms with E-state index in [-0.39, 0.29) is 0 Å². The summed E-state index contributed by atoms with van der Waals surface area (Å²) in [6, 6.07) is 7.35. The van der Waals surface area contributed by atoms with E-state index < -0.39 is 0 Å². The van der Waals surface area contributed by atoms with Crippen molar-refractivity contribution in [3.8, 4) is 11.4 Å². The number of nitrogens with one attached hydrogen (secondary N) is 2. The summed E-state index contributed by atoms with van der Waals surface area (Å²) in [5, 5.41) is 10.9. The normalized spacial score (nSPS) is 14.6. The number of guanidine groups is 1. The molecule has 2 heterocycles. The van der Waals surface area contributed by atoms with Gasteiger partial charge in [-0.05, 0) is 18.6 Å². The molecule has 0 amide bonds. The van der Waals surface area contributed by atoms with E-state index in [0.29, 0.717) is 23.3 Å². The van der Waals surface area contributed by atoms with Crippen LogP contribution in [-0.2, 0) is 6.54 Å². The van der Waals surface area contributed by atoms with Gasteiger partial charge < -0.3 is 15.2 Å². The van der Waals surface area contributed by atoms with Crippen LogP contribution in [0.25, 0.3) is 11.4 Å². The summed E-state index contributed by atoms with van der Waals surface area (Å²) in [7, 11) is 0. The van der Waals surface area contributed by atoms with Gasteiger partial charge in [-0.2, -0.15) is 4.98 Å². The first-order valence-corrected chi connectivity index (χ1v) is 6.80. The van der Waals surface area contributed by atoms with Crippen LogP contribution in [0.2, 0.25) is 5.02 Å². The highest BCUT2D eigenvalue weighted by Gasteiger charge is 2.10. The quantitative estimate of drug-likeness (QED) is 0.902. The molecule has 0 atom stereocenters. The van der Waals surface area contributed by atoms with Gasteiger partial charge in [0.2, 0.25) is 11.7 Å². The SMILES string of the molecule is Clc1cccc(-c2noc(CNC3=NCCCN3)n2)c1. The maximum absolute atomic E-state index is 5.94. The van der Waals surface area contributed by atoms with Crippen molar-refractivity contribution in [3.63, 3.8) is 0 Å². The van der Waals surface area contributed by atoms with E-state index in [9.17, 15) is 0 Å². The summed E-state index contributed by atoms with van der Waals surface area (Å²) in [4.78, 5) is 8.63. The zero-order valence-corrected chi connectivity index (χ0v) is 11.5. The molecule has 104 valence electrons. The smallest absolute Gasteiger partial charge is 0.246 e. The molecule has 1 aromatic heterocycles. The Labute approximate surface area is 121 Å². The van der Waals surface area contributed by atoms with Gasteiger partial charge in [0, 0.05) is 23.7 Å². The molecule has 0 saturated heterocycles. The fraction of sp³-hybridized carbons (Fsp3) is 0.308. The summed E-state index contributed by atoms with van der Waals surface area (Å²) in [6.07, 6.45) is 1.06. The van der Waals surface area contributed by atoms with Crippen molar-refractivity contribution < 1.29 is 4.52 Å². The van der Waals surface area contributed by atoms with Gasteiger partial charge in [-0.3, -0.25) is 4.99 Å². The lowest BCUT2D eigenvalue weighted by molar-refractivity contribution is 0.375. The molecular weight excluding hydrogens is 278 g/mol. The minimum atomic E-state index is 0.444. The number of aromatic nitrogens is 2. The Morgan fingerprint density at radius 1 is 1.40 bits per heavy atom. The Bertz CT molecular complexity index is 625. The molecule has 0 aliphatic carbocycles. The fourth-order valence-electron chi connectivity index (χ4n) is 1.88. The van der Waals surface area contributed by atoms with Gasteiger partial charge >= 0.3 is 0 Å². The van der Waals surface area contributed by atoms with Crippen molar-refractivity contribution in [2.75, 3.05) is 13.1 Å². The van der Waals surface area contributed by atoms with Crippen molar-refractivity contribution >= 4 is 17.6 Å². The number of benzene rings is 1. The third-order valence-corrected chi connectivity index (χ3v) is 3.09.